The first-order chi connectivity index (χ1) is 16.7. The molecular weight excluding hydrogens is 472 g/mol. The first-order valence-electron chi connectivity index (χ1n) is 10.7. The molecule has 3 amide bonds. The van der Waals surface area contributed by atoms with Crippen LogP contribution in [0.1, 0.15) is 33.0 Å². The Bertz CT molecular complexity index is 1260. The number of carbonyl (C=O) groups excluding carboxylic acids is 3. The maximum atomic E-state index is 12.9. The molecule has 1 aliphatic rings. The number of carbonyl (C=O) groups is 3. The minimum atomic E-state index is -0.649. The van der Waals surface area contributed by atoms with Gasteiger partial charge in [0.05, 0.1) is 18.1 Å². The van der Waals surface area contributed by atoms with Gasteiger partial charge in [0.1, 0.15) is 17.2 Å². The predicted molar refractivity (Wildman–Crippen MR) is 128 cm³/mol. The number of likely N-dealkylation sites (N-methyl/N-ethyl adjacent to an activating group) is 1. The van der Waals surface area contributed by atoms with Gasteiger partial charge in [-0.3, -0.25) is 19.7 Å². The smallest absolute Gasteiger partial charge is 0.273 e. The van der Waals surface area contributed by atoms with Crippen molar-refractivity contribution in [3.8, 4) is 17.4 Å². The van der Waals surface area contributed by atoms with Gasteiger partial charge in [-0.05, 0) is 19.1 Å². The van der Waals surface area contributed by atoms with Crippen LogP contribution in [0, 0.1) is 6.92 Å². The van der Waals surface area contributed by atoms with E-state index in [-0.39, 0.29) is 34.7 Å². The maximum Gasteiger partial charge on any atom is 0.273 e. The molecule has 1 atom stereocenters. The molecule has 11 nitrogen and oxygen atoms in total. The summed E-state index contributed by atoms with van der Waals surface area (Å²) >= 11 is 1.31. The number of aromatic nitrogens is 3. The molecule has 3 heterocycles. The number of likely N-dealkylation sites (tertiary alicyclic amines) is 1. The minimum Gasteiger partial charge on any atom is -0.480 e. The van der Waals surface area contributed by atoms with Crippen molar-refractivity contribution in [2.75, 3.05) is 33.0 Å². The second-order valence-corrected chi connectivity index (χ2v) is 9.00. The fourth-order valence-corrected chi connectivity index (χ4v) is 3.99. The van der Waals surface area contributed by atoms with Crippen molar-refractivity contribution < 1.29 is 23.9 Å². The van der Waals surface area contributed by atoms with E-state index in [1.807, 2.05) is 12.3 Å². The Morgan fingerprint density at radius 3 is 2.54 bits per heavy atom. The van der Waals surface area contributed by atoms with Crippen LogP contribution in [0.25, 0.3) is 0 Å². The lowest BCUT2D eigenvalue weighted by Gasteiger charge is -2.15. The third kappa shape index (κ3) is 5.72. The van der Waals surface area contributed by atoms with Gasteiger partial charge in [0.2, 0.25) is 5.88 Å². The van der Waals surface area contributed by atoms with Gasteiger partial charge in [0, 0.05) is 51.1 Å². The zero-order valence-electron chi connectivity index (χ0n) is 19.6. The molecular formula is C23H24N6O5S. The zero-order valence-corrected chi connectivity index (χ0v) is 20.5. The van der Waals surface area contributed by atoms with E-state index in [1.165, 1.54) is 34.7 Å². The van der Waals surface area contributed by atoms with Crippen molar-refractivity contribution in [1.29, 1.82) is 0 Å². The first kappa shape index (κ1) is 24.1. The van der Waals surface area contributed by atoms with E-state index >= 15 is 0 Å². The summed E-state index contributed by atoms with van der Waals surface area (Å²) in [4.78, 5) is 52.7. The number of benzene rings is 1. The van der Waals surface area contributed by atoms with Gasteiger partial charge in [0.25, 0.3) is 17.7 Å². The molecule has 35 heavy (non-hydrogen) atoms. The van der Waals surface area contributed by atoms with Crippen LogP contribution in [0.5, 0.6) is 17.4 Å². The lowest BCUT2D eigenvalue weighted by Crippen LogP contribution is -2.29. The fraction of sp³-hybridized carbons (Fsp3) is 0.304. The minimum absolute atomic E-state index is 0.121. The summed E-state index contributed by atoms with van der Waals surface area (Å²) in [5.41, 5.74) is 1.21. The Morgan fingerprint density at radius 1 is 1.17 bits per heavy atom. The van der Waals surface area contributed by atoms with Crippen LogP contribution in [0.4, 0.5) is 5.13 Å². The Labute approximate surface area is 205 Å². The highest BCUT2D eigenvalue weighted by Gasteiger charge is 2.31. The molecule has 12 heteroatoms. The van der Waals surface area contributed by atoms with Gasteiger partial charge in [-0.1, -0.05) is 0 Å². The first-order valence-corrected chi connectivity index (χ1v) is 11.6. The van der Waals surface area contributed by atoms with E-state index in [4.69, 9.17) is 9.47 Å². The van der Waals surface area contributed by atoms with Crippen LogP contribution in [-0.4, -0.2) is 76.3 Å². The largest absolute Gasteiger partial charge is 0.480 e. The van der Waals surface area contributed by atoms with E-state index in [1.54, 1.807) is 38.2 Å². The number of ether oxygens (including phenoxy) is 2. The monoisotopic (exact) mass is 496 g/mol. The van der Waals surface area contributed by atoms with E-state index in [0.29, 0.717) is 23.8 Å². The van der Waals surface area contributed by atoms with Gasteiger partial charge < -0.3 is 19.3 Å². The molecule has 1 aliphatic heterocycles. The quantitative estimate of drug-likeness (QED) is 0.529. The van der Waals surface area contributed by atoms with E-state index in [0.717, 1.165) is 5.69 Å². The standard InChI is InChI=1S/C23H24N6O5S/c1-13-12-35-23(26-13)27-20(30)14-7-15(33-18-5-6-29(4)22(18)32)9-16(8-14)34-19-11-24-17(10-25-19)21(31)28(2)3/h7-12,18H,5-6H2,1-4H3,(H,26,27,30)/t18-/m0/s1. The van der Waals surface area contributed by atoms with Crippen molar-refractivity contribution >= 4 is 34.2 Å². The lowest BCUT2D eigenvalue weighted by atomic mass is 10.2. The third-order valence-corrected chi connectivity index (χ3v) is 5.99. The molecule has 0 radical (unpaired) electrons. The number of aryl methyl sites for hydroxylation is 1. The summed E-state index contributed by atoms with van der Waals surface area (Å²) in [5.74, 6) is -0.167. The van der Waals surface area contributed by atoms with Gasteiger partial charge in [-0.25, -0.2) is 15.0 Å². The number of nitrogens with zero attached hydrogens (tertiary/aromatic N) is 5. The highest BCUT2D eigenvalue weighted by atomic mass is 32.1. The SMILES string of the molecule is Cc1csc(NC(=O)c2cc(Oc3cnc(C(=O)N(C)C)cn3)cc(O[C@H]3CCN(C)C3=O)c2)n1. The molecule has 0 spiro atoms. The second kappa shape index (κ2) is 10.1. The normalized spacial score (nSPS) is 15.1. The number of nitrogens with one attached hydrogen (secondary N) is 1. The maximum absolute atomic E-state index is 12.9. The average Bonchev–Trinajstić information content (AvgIpc) is 3.38. The van der Waals surface area contributed by atoms with Crippen molar-refractivity contribution in [3.63, 3.8) is 0 Å². The molecule has 0 bridgehead atoms. The number of rotatable bonds is 7. The van der Waals surface area contributed by atoms with Crippen LogP contribution in [-0.2, 0) is 4.79 Å². The van der Waals surface area contributed by atoms with Crippen molar-refractivity contribution in [3.05, 3.63) is 52.9 Å². The van der Waals surface area contributed by atoms with E-state index in [9.17, 15) is 14.4 Å². The summed E-state index contributed by atoms with van der Waals surface area (Å²) in [7, 11) is 4.95. The molecule has 182 valence electrons. The number of anilines is 1. The number of hydrogen-bond acceptors (Lipinski definition) is 9. The summed E-state index contributed by atoms with van der Waals surface area (Å²) < 4.78 is 11.7. The zero-order chi connectivity index (χ0) is 25.1. The van der Waals surface area contributed by atoms with Crippen molar-refractivity contribution in [1.82, 2.24) is 24.8 Å². The number of thiazole rings is 1. The highest BCUT2D eigenvalue weighted by Crippen LogP contribution is 2.29. The van der Waals surface area contributed by atoms with Gasteiger partial charge in [0.15, 0.2) is 11.2 Å². The Hall–Kier alpha value is -4.06. The van der Waals surface area contributed by atoms with Gasteiger partial charge in [-0.2, -0.15) is 0 Å². The van der Waals surface area contributed by atoms with Crippen molar-refractivity contribution in [2.24, 2.45) is 0 Å². The van der Waals surface area contributed by atoms with Gasteiger partial charge >= 0.3 is 0 Å². The van der Waals surface area contributed by atoms with Crippen LogP contribution < -0.4 is 14.8 Å². The highest BCUT2D eigenvalue weighted by molar-refractivity contribution is 7.13. The Morgan fingerprint density at radius 2 is 1.94 bits per heavy atom. The topological polar surface area (TPSA) is 127 Å². The Kier molecular flexibility index (Phi) is 6.92. The molecule has 3 aromatic rings. The van der Waals surface area contributed by atoms with Crippen LogP contribution in [0.2, 0.25) is 0 Å². The molecule has 4 rings (SSSR count). The molecule has 2 aromatic heterocycles. The lowest BCUT2D eigenvalue weighted by molar-refractivity contribution is -0.132. The fourth-order valence-electron chi connectivity index (χ4n) is 3.30. The van der Waals surface area contributed by atoms with Crippen LogP contribution in [0.15, 0.2) is 36.0 Å². The molecule has 0 saturated carbocycles. The van der Waals surface area contributed by atoms with E-state index < -0.39 is 12.0 Å². The van der Waals surface area contributed by atoms with Crippen LogP contribution >= 0.6 is 11.3 Å². The summed E-state index contributed by atoms with van der Waals surface area (Å²) in [6.07, 6.45) is 2.51. The molecule has 0 aliphatic carbocycles. The summed E-state index contributed by atoms with van der Waals surface area (Å²) in [6.45, 7) is 2.42. The predicted octanol–water partition coefficient (Wildman–Crippen LogP) is 2.60. The number of hydrogen-bond donors (Lipinski definition) is 1. The van der Waals surface area contributed by atoms with Crippen molar-refractivity contribution in [2.45, 2.75) is 19.4 Å². The van der Waals surface area contributed by atoms with E-state index in [2.05, 4.69) is 20.3 Å². The third-order valence-electron chi connectivity index (χ3n) is 5.11. The molecule has 1 N–H and O–H groups in total. The van der Waals surface area contributed by atoms with Gasteiger partial charge in [-0.15, -0.1) is 11.3 Å². The van der Waals surface area contributed by atoms with Crippen LogP contribution in [0.3, 0.4) is 0 Å². The Balaban J connectivity index is 1.59. The summed E-state index contributed by atoms with van der Waals surface area (Å²) in [5, 5.41) is 5.04. The molecule has 1 fully saturated rings. The molecule has 0 unspecified atom stereocenters. The average molecular weight is 497 g/mol. The number of amides is 3. The second-order valence-electron chi connectivity index (χ2n) is 8.14. The molecule has 1 aromatic carbocycles. The molecule has 1 saturated heterocycles. The summed E-state index contributed by atoms with van der Waals surface area (Å²) in [6, 6.07) is 4.63.